The zero-order valence-corrected chi connectivity index (χ0v) is 15.4. The van der Waals surface area contributed by atoms with Gasteiger partial charge in [0.1, 0.15) is 11.6 Å². The molecule has 2 aromatic carbocycles. The van der Waals surface area contributed by atoms with Crippen molar-refractivity contribution in [1.82, 2.24) is 4.98 Å². The zero-order valence-electron chi connectivity index (χ0n) is 14.7. The molecular weight excluding hydrogens is 395 g/mol. The van der Waals surface area contributed by atoms with E-state index < -0.39 is 16.8 Å². The van der Waals surface area contributed by atoms with Crippen LogP contribution in [0.15, 0.2) is 36.5 Å². The zero-order chi connectivity index (χ0) is 20.5. The molecule has 0 saturated carbocycles. The molecule has 28 heavy (non-hydrogen) atoms. The molecule has 1 heterocycles. The van der Waals surface area contributed by atoms with Gasteiger partial charge in [-0.2, -0.15) is 18.4 Å². The van der Waals surface area contributed by atoms with Crippen LogP contribution in [0.3, 0.4) is 0 Å². The van der Waals surface area contributed by atoms with Crippen molar-refractivity contribution in [1.29, 1.82) is 5.26 Å². The standard InChI is InChI=1S/C19H13ClF3N3O2/c1-27-15-6-4-12-16(10(8-24)9-25-17(12)18(15)28-2)26-11-3-5-14(20)13(7-11)19(21,22)23/h3-7,9H,1-2H3,(H,25,26). The van der Waals surface area contributed by atoms with Crippen LogP contribution >= 0.6 is 11.6 Å². The molecule has 9 heteroatoms. The molecule has 0 unspecified atom stereocenters. The minimum absolute atomic E-state index is 0.121. The molecule has 0 saturated heterocycles. The number of halogens is 4. The van der Waals surface area contributed by atoms with Crippen LogP contribution in [-0.2, 0) is 6.18 Å². The van der Waals surface area contributed by atoms with Crippen molar-refractivity contribution < 1.29 is 22.6 Å². The summed E-state index contributed by atoms with van der Waals surface area (Å²) in [6.45, 7) is 0. The summed E-state index contributed by atoms with van der Waals surface area (Å²) < 4.78 is 50.0. The lowest BCUT2D eigenvalue weighted by Gasteiger charge is -2.16. The van der Waals surface area contributed by atoms with E-state index in [1.54, 1.807) is 12.1 Å². The van der Waals surface area contributed by atoms with Crippen molar-refractivity contribution in [3.05, 3.63) is 52.7 Å². The molecule has 0 spiro atoms. The van der Waals surface area contributed by atoms with Crippen molar-refractivity contribution >= 4 is 33.9 Å². The molecular formula is C19H13ClF3N3O2. The predicted molar refractivity (Wildman–Crippen MR) is 99.3 cm³/mol. The number of alkyl halides is 3. The van der Waals surface area contributed by atoms with Crippen LogP contribution in [0.2, 0.25) is 5.02 Å². The van der Waals surface area contributed by atoms with Gasteiger partial charge in [-0.25, -0.2) is 0 Å². The number of anilines is 2. The number of ether oxygens (including phenoxy) is 2. The number of nitriles is 1. The second-order valence-electron chi connectivity index (χ2n) is 5.67. The summed E-state index contributed by atoms with van der Waals surface area (Å²) in [7, 11) is 2.91. The summed E-state index contributed by atoms with van der Waals surface area (Å²) >= 11 is 5.67. The fourth-order valence-electron chi connectivity index (χ4n) is 2.76. The molecule has 0 amide bonds. The fraction of sp³-hybridized carbons (Fsp3) is 0.158. The van der Waals surface area contributed by atoms with E-state index in [1.165, 1.54) is 26.5 Å². The molecule has 0 radical (unpaired) electrons. The van der Waals surface area contributed by atoms with Gasteiger partial charge in [0.2, 0.25) is 0 Å². The van der Waals surface area contributed by atoms with Gasteiger partial charge in [-0.3, -0.25) is 4.98 Å². The van der Waals surface area contributed by atoms with Crippen LogP contribution in [0, 0.1) is 11.3 Å². The lowest BCUT2D eigenvalue weighted by Crippen LogP contribution is -2.07. The quantitative estimate of drug-likeness (QED) is 0.615. The Hall–Kier alpha value is -3.18. The highest BCUT2D eigenvalue weighted by molar-refractivity contribution is 6.31. The Morgan fingerprint density at radius 3 is 2.50 bits per heavy atom. The summed E-state index contributed by atoms with van der Waals surface area (Å²) in [4.78, 5) is 4.24. The lowest BCUT2D eigenvalue weighted by atomic mass is 10.1. The highest BCUT2D eigenvalue weighted by Gasteiger charge is 2.33. The first-order valence-electron chi connectivity index (χ1n) is 7.87. The van der Waals surface area contributed by atoms with Gasteiger partial charge < -0.3 is 14.8 Å². The summed E-state index contributed by atoms with van der Waals surface area (Å²) in [5, 5.41) is 12.4. The highest BCUT2D eigenvalue weighted by Crippen LogP contribution is 2.40. The summed E-state index contributed by atoms with van der Waals surface area (Å²) in [6.07, 6.45) is -3.29. The number of aromatic nitrogens is 1. The third kappa shape index (κ3) is 3.49. The van der Waals surface area contributed by atoms with E-state index in [-0.39, 0.29) is 11.3 Å². The molecule has 1 aromatic heterocycles. The molecule has 5 nitrogen and oxygen atoms in total. The average Bonchev–Trinajstić information content (AvgIpc) is 2.67. The minimum Gasteiger partial charge on any atom is -0.493 e. The summed E-state index contributed by atoms with van der Waals surface area (Å²) in [5.41, 5.74) is -0.00807. The van der Waals surface area contributed by atoms with E-state index in [1.807, 2.05) is 6.07 Å². The van der Waals surface area contributed by atoms with E-state index in [9.17, 15) is 18.4 Å². The van der Waals surface area contributed by atoms with Gasteiger partial charge in [0.05, 0.1) is 36.1 Å². The van der Waals surface area contributed by atoms with Gasteiger partial charge in [-0.05, 0) is 30.3 Å². The number of methoxy groups -OCH3 is 2. The van der Waals surface area contributed by atoms with Crippen molar-refractivity contribution in [2.45, 2.75) is 6.18 Å². The number of hydrogen-bond acceptors (Lipinski definition) is 5. The molecule has 3 aromatic rings. The van der Waals surface area contributed by atoms with Gasteiger partial charge in [0.25, 0.3) is 0 Å². The second kappa shape index (κ2) is 7.44. The van der Waals surface area contributed by atoms with E-state index in [0.29, 0.717) is 28.1 Å². The van der Waals surface area contributed by atoms with Gasteiger partial charge in [0.15, 0.2) is 11.5 Å². The monoisotopic (exact) mass is 407 g/mol. The Morgan fingerprint density at radius 1 is 1.14 bits per heavy atom. The number of rotatable bonds is 4. The molecule has 0 aliphatic rings. The number of hydrogen-bond donors (Lipinski definition) is 1. The van der Waals surface area contributed by atoms with Crippen molar-refractivity contribution in [3.63, 3.8) is 0 Å². The van der Waals surface area contributed by atoms with Crippen LogP contribution in [0.25, 0.3) is 10.9 Å². The first-order valence-corrected chi connectivity index (χ1v) is 8.25. The van der Waals surface area contributed by atoms with E-state index >= 15 is 0 Å². The van der Waals surface area contributed by atoms with E-state index in [0.717, 1.165) is 12.1 Å². The third-order valence-corrected chi connectivity index (χ3v) is 4.37. The Labute approximate surface area is 163 Å². The second-order valence-corrected chi connectivity index (χ2v) is 6.08. The van der Waals surface area contributed by atoms with Crippen molar-refractivity contribution in [3.8, 4) is 17.6 Å². The lowest BCUT2D eigenvalue weighted by molar-refractivity contribution is -0.137. The topological polar surface area (TPSA) is 67.2 Å². The van der Waals surface area contributed by atoms with Crippen LogP contribution < -0.4 is 14.8 Å². The molecule has 0 bridgehead atoms. The predicted octanol–water partition coefficient (Wildman–Crippen LogP) is 5.54. The molecule has 144 valence electrons. The third-order valence-electron chi connectivity index (χ3n) is 4.04. The Morgan fingerprint density at radius 2 is 1.89 bits per heavy atom. The smallest absolute Gasteiger partial charge is 0.417 e. The fourth-order valence-corrected chi connectivity index (χ4v) is 2.99. The van der Waals surface area contributed by atoms with Crippen LogP contribution in [-0.4, -0.2) is 19.2 Å². The number of benzene rings is 2. The van der Waals surface area contributed by atoms with Crippen LogP contribution in [0.5, 0.6) is 11.5 Å². The average molecular weight is 408 g/mol. The SMILES string of the molecule is COc1ccc2c(Nc3ccc(Cl)c(C(F)(F)F)c3)c(C#N)cnc2c1OC. The summed E-state index contributed by atoms with van der Waals surface area (Å²) in [5.74, 6) is 0.781. The van der Waals surface area contributed by atoms with E-state index in [4.69, 9.17) is 21.1 Å². The van der Waals surface area contributed by atoms with E-state index in [2.05, 4.69) is 10.3 Å². The normalized spacial score (nSPS) is 11.2. The van der Waals surface area contributed by atoms with Gasteiger partial charge in [0, 0.05) is 17.3 Å². The van der Waals surface area contributed by atoms with Crippen molar-refractivity contribution in [2.24, 2.45) is 0 Å². The van der Waals surface area contributed by atoms with Crippen LogP contribution in [0.1, 0.15) is 11.1 Å². The number of fused-ring (bicyclic) bond motifs is 1. The highest BCUT2D eigenvalue weighted by atomic mass is 35.5. The Balaban J connectivity index is 2.19. The number of pyridine rings is 1. The van der Waals surface area contributed by atoms with Gasteiger partial charge in [-0.15, -0.1) is 0 Å². The number of nitrogens with zero attached hydrogens (tertiary/aromatic N) is 2. The maximum atomic E-state index is 13.1. The first-order chi connectivity index (χ1) is 13.3. The molecule has 0 aliphatic heterocycles. The van der Waals surface area contributed by atoms with Crippen LogP contribution in [0.4, 0.5) is 24.5 Å². The maximum Gasteiger partial charge on any atom is 0.417 e. The Kier molecular flexibility index (Phi) is 5.21. The van der Waals surface area contributed by atoms with Gasteiger partial charge >= 0.3 is 6.18 Å². The summed E-state index contributed by atoms with van der Waals surface area (Å²) in [6, 6.07) is 8.68. The molecule has 0 aliphatic carbocycles. The maximum absolute atomic E-state index is 13.1. The minimum atomic E-state index is -4.61. The van der Waals surface area contributed by atoms with Gasteiger partial charge in [-0.1, -0.05) is 11.6 Å². The molecule has 3 rings (SSSR count). The molecule has 1 N–H and O–H groups in total. The Bertz CT molecular complexity index is 1090. The van der Waals surface area contributed by atoms with Crippen molar-refractivity contribution in [2.75, 3.05) is 19.5 Å². The molecule has 0 fully saturated rings. The molecule has 0 atom stereocenters. The first kappa shape index (κ1) is 19.6. The largest absolute Gasteiger partial charge is 0.493 e. The number of nitrogens with one attached hydrogen (secondary N) is 1.